The van der Waals surface area contributed by atoms with Crippen LogP contribution in [-0.4, -0.2) is 18.7 Å². The van der Waals surface area contributed by atoms with E-state index in [4.69, 9.17) is 0 Å². The molecule has 0 radical (unpaired) electrons. The fourth-order valence-corrected chi connectivity index (χ4v) is 0.105. The lowest BCUT2D eigenvalue weighted by Gasteiger charge is -1.58. The maximum Gasteiger partial charge on any atom is 0.0191 e. The van der Waals surface area contributed by atoms with Gasteiger partial charge in [-0.25, -0.2) is 0 Å². The van der Waals surface area contributed by atoms with Gasteiger partial charge in [0.15, 0.2) is 0 Å². The quantitative estimate of drug-likeness (QED) is 0.538. The Balaban J connectivity index is -0.0000000847. The number of nitrogens with zero attached hydrogens (tertiary/aromatic N) is 1. The predicted molar refractivity (Wildman–Crippen MR) is 55.2 cm³/mol. The number of hydrogen-bond acceptors (Lipinski definition) is 2. The summed E-state index contributed by atoms with van der Waals surface area (Å²) in [5.74, 6) is 0. The molecule has 0 aromatic carbocycles. The van der Waals surface area contributed by atoms with E-state index in [1.54, 1.807) is 18.0 Å². The molecule has 1 nitrogen and oxygen atoms in total. The fourth-order valence-electron chi connectivity index (χ4n) is 0.105. The third kappa shape index (κ3) is 114. The molecule has 62 valence electrons. The van der Waals surface area contributed by atoms with Gasteiger partial charge in [0.05, 0.1) is 0 Å². The summed E-state index contributed by atoms with van der Waals surface area (Å²) in [6.45, 7) is 9.20. The van der Waals surface area contributed by atoms with Gasteiger partial charge in [0.1, 0.15) is 0 Å². The molecule has 0 N–H and O–H groups in total. The Morgan fingerprint density at radius 1 is 1.30 bits per heavy atom. The van der Waals surface area contributed by atoms with Crippen LogP contribution in [0.15, 0.2) is 17.8 Å². The highest BCUT2D eigenvalue weighted by atomic mass is 32.2. The Bertz CT molecular complexity index is 60.3. The van der Waals surface area contributed by atoms with E-state index in [0.717, 1.165) is 0 Å². The predicted octanol–water partition coefficient (Wildman–Crippen LogP) is 3.23. The lowest BCUT2D eigenvalue weighted by Crippen LogP contribution is -1.46. The number of rotatable bonds is 1. The topological polar surface area (TPSA) is 12.4 Å². The van der Waals surface area contributed by atoms with Crippen molar-refractivity contribution in [3.05, 3.63) is 12.8 Å². The second-order valence-electron chi connectivity index (χ2n) is 0.998. The molecular formula is C8H19NS. The van der Waals surface area contributed by atoms with Crippen LogP contribution in [0.1, 0.15) is 20.8 Å². The molecule has 0 rings (SSSR count). The summed E-state index contributed by atoms with van der Waals surface area (Å²) in [7, 11) is 0. The largest absolute Gasteiger partial charge is 0.270 e. The van der Waals surface area contributed by atoms with Crippen LogP contribution < -0.4 is 0 Å². The van der Waals surface area contributed by atoms with Crippen LogP contribution in [0.2, 0.25) is 0 Å². The molecule has 0 unspecified atom stereocenters. The van der Waals surface area contributed by atoms with Gasteiger partial charge in [0.25, 0.3) is 0 Å². The van der Waals surface area contributed by atoms with E-state index in [-0.39, 0.29) is 0 Å². The first kappa shape index (κ1) is 16.4. The first-order valence-corrected chi connectivity index (χ1v) is 4.95. The number of hydrogen-bond donors (Lipinski definition) is 0. The van der Waals surface area contributed by atoms with Gasteiger partial charge in [0, 0.05) is 12.4 Å². The highest BCUT2D eigenvalue weighted by Crippen LogP contribution is 1.70. The van der Waals surface area contributed by atoms with E-state index < -0.39 is 0 Å². The lowest BCUT2D eigenvalue weighted by atomic mass is 10.9. The van der Waals surface area contributed by atoms with Gasteiger partial charge in [-0.15, -0.1) is 0 Å². The zero-order chi connectivity index (χ0) is 8.83. The van der Waals surface area contributed by atoms with Crippen molar-refractivity contribution >= 4 is 18.0 Å². The third-order valence-electron chi connectivity index (χ3n) is 0.254. The van der Waals surface area contributed by atoms with Crippen molar-refractivity contribution in [1.29, 1.82) is 0 Å². The van der Waals surface area contributed by atoms with E-state index in [1.807, 2.05) is 33.3 Å². The second kappa shape index (κ2) is 37.3. The molecule has 0 amide bonds. The molecule has 0 spiro atoms. The van der Waals surface area contributed by atoms with Crippen molar-refractivity contribution in [1.82, 2.24) is 0 Å². The van der Waals surface area contributed by atoms with Crippen LogP contribution in [0.25, 0.3) is 0 Å². The molecule has 0 aromatic rings. The fraction of sp³-hybridized carbons (Fsp3) is 0.625. The van der Waals surface area contributed by atoms with Crippen molar-refractivity contribution in [2.45, 2.75) is 20.8 Å². The minimum atomic E-state index is 1.50. The van der Waals surface area contributed by atoms with Crippen molar-refractivity contribution in [2.75, 3.05) is 12.5 Å². The standard InChI is InChI=1S/C4H7N.C2H6S.C2H6/c1-3-5-4-2;1-3-2;1-2/h3-4H,1H2,2H3;1-2H3;1-2H3. The van der Waals surface area contributed by atoms with Crippen LogP contribution in [0, 0.1) is 0 Å². The molecule has 0 aromatic heterocycles. The minimum absolute atomic E-state index is 1.50. The maximum absolute atomic E-state index is 3.61. The average molecular weight is 161 g/mol. The first-order chi connectivity index (χ1) is 4.83. The molecule has 0 aliphatic carbocycles. The zero-order valence-electron chi connectivity index (χ0n) is 7.72. The minimum Gasteiger partial charge on any atom is -0.270 e. The monoisotopic (exact) mass is 161 g/mol. The molecular weight excluding hydrogens is 142 g/mol. The van der Waals surface area contributed by atoms with Crippen LogP contribution >= 0.6 is 11.8 Å². The zero-order valence-corrected chi connectivity index (χ0v) is 8.53. The van der Waals surface area contributed by atoms with Gasteiger partial charge < -0.3 is 0 Å². The molecule has 0 aliphatic rings. The number of thioether (sulfide) groups is 1. The molecule has 10 heavy (non-hydrogen) atoms. The van der Waals surface area contributed by atoms with Crippen molar-refractivity contribution in [2.24, 2.45) is 4.99 Å². The average Bonchev–Trinajstić information content (AvgIpc) is 1.96. The van der Waals surface area contributed by atoms with Crippen LogP contribution in [-0.2, 0) is 0 Å². The normalized spacial score (nSPS) is 6.90. The summed E-state index contributed by atoms with van der Waals surface area (Å²) in [6.07, 6.45) is 7.27. The van der Waals surface area contributed by atoms with Gasteiger partial charge in [0.2, 0.25) is 0 Å². The molecule has 0 saturated carbocycles. The molecule has 0 saturated heterocycles. The maximum atomic E-state index is 3.61. The van der Waals surface area contributed by atoms with E-state index in [9.17, 15) is 0 Å². The van der Waals surface area contributed by atoms with E-state index in [1.165, 1.54) is 6.20 Å². The third-order valence-corrected chi connectivity index (χ3v) is 0.254. The summed E-state index contributed by atoms with van der Waals surface area (Å²) < 4.78 is 0. The highest BCUT2D eigenvalue weighted by molar-refractivity contribution is 7.97. The van der Waals surface area contributed by atoms with E-state index >= 15 is 0 Å². The highest BCUT2D eigenvalue weighted by Gasteiger charge is 1.40. The lowest BCUT2D eigenvalue weighted by molar-refractivity contribution is 1.50. The Labute approximate surface area is 69.6 Å². The summed E-state index contributed by atoms with van der Waals surface area (Å²) in [5, 5.41) is 0. The van der Waals surface area contributed by atoms with Crippen molar-refractivity contribution in [3.63, 3.8) is 0 Å². The summed E-state index contributed by atoms with van der Waals surface area (Å²) in [6, 6.07) is 0. The first-order valence-electron chi connectivity index (χ1n) is 3.32. The second-order valence-corrected chi connectivity index (χ2v) is 1.81. The van der Waals surface area contributed by atoms with Gasteiger partial charge in [-0.3, -0.25) is 4.99 Å². The summed E-state index contributed by atoms with van der Waals surface area (Å²) in [5.41, 5.74) is 0. The van der Waals surface area contributed by atoms with Gasteiger partial charge in [-0.2, -0.15) is 11.8 Å². The molecule has 0 heterocycles. The molecule has 0 bridgehead atoms. The molecule has 0 atom stereocenters. The van der Waals surface area contributed by atoms with Gasteiger partial charge >= 0.3 is 0 Å². The van der Waals surface area contributed by atoms with Crippen LogP contribution in [0.3, 0.4) is 0 Å². The van der Waals surface area contributed by atoms with Crippen LogP contribution in [0.5, 0.6) is 0 Å². The Morgan fingerprint density at radius 3 is 1.60 bits per heavy atom. The Morgan fingerprint density at radius 2 is 1.60 bits per heavy atom. The van der Waals surface area contributed by atoms with Crippen molar-refractivity contribution < 1.29 is 0 Å². The molecule has 2 heteroatoms. The number of aliphatic imine (C=N–C) groups is 1. The smallest absolute Gasteiger partial charge is 0.0191 e. The summed E-state index contributed by atoms with van der Waals surface area (Å²) in [4.78, 5) is 3.61. The van der Waals surface area contributed by atoms with Crippen molar-refractivity contribution in [3.8, 4) is 0 Å². The van der Waals surface area contributed by atoms with Gasteiger partial charge in [-0.1, -0.05) is 20.4 Å². The molecule has 0 fully saturated rings. The SMILES string of the molecule is C=CN=CC.CC.CSC. The van der Waals surface area contributed by atoms with E-state index in [2.05, 4.69) is 11.6 Å². The van der Waals surface area contributed by atoms with Crippen LogP contribution in [0.4, 0.5) is 0 Å². The van der Waals surface area contributed by atoms with E-state index in [0.29, 0.717) is 0 Å². The van der Waals surface area contributed by atoms with Gasteiger partial charge in [-0.05, 0) is 19.4 Å². The molecule has 0 aliphatic heterocycles. The Kier molecular flexibility index (Phi) is 61.2. The Hall–Kier alpha value is -0.240. The summed E-state index contributed by atoms with van der Waals surface area (Å²) >= 11 is 1.75.